The van der Waals surface area contributed by atoms with Crippen LogP contribution in [0, 0.1) is 0 Å². The summed E-state index contributed by atoms with van der Waals surface area (Å²) in [4.78, 5) is 0. The van der Waals surface area contributed by atoms with E-state index in [0.29, 0.717) is 6.10 Å². The van der Waals surface area contributed by atoms with Gasteiger partial charge >= 0.3 is 0 Å². The molecular weight excluding hydrogens is 148 g/mol. The van der Waals surface area contributed by atoms with Gasteiger partial charge in [0.15, 0.2) is 0 Å². The van der Waals surface area contributed by atoms with Crippen LogP contribution in [-0.4, -0.2) is 6.10 Å². The van der Waals surface area contributed by atoms with Crippen LogP contribution in [0.3, 0.4) is 0 Å². The highest BCUT2D eigenvalue weighted by molar-refractivity contribution is 5.09. The van der Waals surface area contributed by atoms with E-state index in [0.717, 1.165) is 31.4 Å². The van der Waals surface area contributed by atoms with Gasteiger partial charge in [-0.05, 0) is 25.3 Å². The molecular formula is C11H18O. The molecule has 68 valence electrons. The van der Waals surface area contributed by atoms with Crippen molar-refractivity contribution in [2.24, 2.45) is 0 Å². The first-order chi connectivity index (χ1) is 5.86. The molecule has 1 rings (SSSR count). The van der Waals surface area contributed by atoms with Crippen molar-refractivity contribution < 1.29 is 4.74 Å². The highest BCUT2D eigenvalue weighted by Crippen LogP contribution is 2.16. The van der Waals surface area contributed by atoms with E-state index < -0.39 is 0 Å². The lowest BCUT2D eigenvalue weighted by molar-refractivity contribution is 0.105. The molecule has 0 N–H and O–H groups in total. The smallest absolute Gasteiger partial charge is 0.0977 e. The van der Waals surface area contributed by atoms with Crippen molar-refractivity contribution in [3.8, 4) is 0 Å². The molecule has 0 aromatic rings. The van der Waals surface area contributed by atoms with Gasteiger partial charge in [0, 0.05) is 6.42 Å². The Morgan fingerprint density at radius 2 is 2.08 bits per heavy atom. The molecule has 0 spiro atoms. The Morgan fingerprint density at radius 1 is 1.33 bits per heavy atom. The largest absolute Gasteiger partial charge is 0.495 e. The van der Waals surface area contributed by atoms with Crippen LogP contribution in [0.15, 0.2) is 24.0 Å². The molecule has 0 unspecified atom stereocenters. The van der Waals surface area contributed by atoms with Crippen molar-refractivity contribution in [2.45, 2.75) is 45.6 Å². The molecule has 0 aromatic heterocycles. The summed E-state index contributed by atoms with van der Waals surface area (Å²) in [5.41, 5.74) is 0. The third-order valence-corrected chi connectivity index (χ3v) is 2.20. The van der Waals surface area contributed by atoms with Gasteiger partial charge in [0.1, 0.15) is 0 Å². The lowest BCUT2D eigenvalue weighted by Gasteiger charge is -2.18. The molecule has 0 atom stereocenters. The normalized spacial score (nSPS) is 16.4. The summed E-state index contributed by atoms with van der Waals surface area (Å²) in [7, 11) is 0. The minimum absolute atomic E-state index is 0.419. The minimum atomic E-state index is 0.419. The van der Waals surface area contributed by atoms with Crippen LogP contribution in [0.1, 0.15) is 39.5 Å². The fraction of sp³-hybridized carbons (Fsp3) is 0.636. The molecule has 0 fully saturated rings. The SMILES string of the molecule is CCC(CC)OC1=CCC=CC1. The number of hydrogen-bond donors (Lipinski definition) is 0. The monoisotopic (exact) mass is 166 g/mol. The first-order valence-corrected chi connectivity index (χ1v) is 4.87. The summed E-state index contributed by atoms with van der Waals surface area (Å²) < 4.78 is 5.80. The Hall–Kier alpha value is -0.720. The first-order valence-electron chi connectivity index (χ1n) is 4.87. The Morgan fingerprint density at radius 3 is 2.58 bits per heavy atom. The van der Waals surface area contributed by atoms with Crippen molar-refractivity contribution >= 4 is 0 Å². The van der Waals surface area contributed by atoms with Gasteiger partial charge in [0.05, 0.1) is 11.9 Å². The van der Waals surface area contributed by atoms with E-state index in [1.807, 2.05) is 0 Å². The van der Waals surface area contributed by atoms with E-state index in [1.165, 1.54) is 0 Å². The van der Waals surface area contributed by atoms with Crippen molar-refractivity contribution in [3.63, 3.8) is 0 Å². The van der Waals surface area contributed by atoms with E-state index in [9.17, 15) is 0 Å². The number of ether oxygens (including phenoxy) is 1. The molecule has 1 aliphatic carbocycles. The Labute approximate surface area is 75.1 Å². The molecule has 0 bridgehead atoms. The number of rotatable bonds is 4. The zero-order valence-corrected chi connectivity index (χ0v) is 8.05. The lowest BCUT2D eigenvalue weighted by Crippen LogP contribution is -2.10. The molecule has 0 amide bonds. The van der Waals surface area contributed by atoms with Gasteiger partial charge in [-0.15, -0.1) is 0 Å². The standard InChI is InChI=1S/C11H18O/c1-3-10(4-2)12-11-8-6-5-7-9-11/h5-6,9-10H,3-4,7-8H2,1-2H3. The zero-order valence-electron chi connectivity index (χ0n) is 8.05. The second-order valence-electron chi connectivity index (χ2n) is 3.14. The van der Waals surface area contributed by atoms with Gasteiger partial charge in [-0.3, -0.25) is 0 Å². The van der Waals surface area contributed by atoms with Gasteiger partial charge < -0.3 is 4.74 Å². The van der Waals surface area contributed by atoms with Gasteiger partial charge in [-0.25, -0.2) is 0 Å². The predicted molar refractivity (Wildman–Crippen MR) is 51.9 cm³/mol. The Balaban J connectivity index is 2.33. The number of allylic oxidation sites excluding steroid dienone is 3. The molecule has 1 aliphatic rings. The number of hydrogen-bond acceptors (Lipinski definition) is 1. The first kappa shape index (κ1) is 9.37. The maximum absolute atomic E-state index is 5.80. The summed E-state index contributed by atoms with van der Waals surface area (Å²) in [5.74, 6) is 1.16. The molecule has 1 nitrogen and oxygen atoms in total. The molecule has 0 aliphatic heterocycles. The van der Waals surface area contributed by atoms with E-state index in [1.54, 1.807) is 0 Å². The summed E-state index contributed by atoms with van der Waals surface area (Å²) in [6.45, 7) is 4.35. The van der Waals surface area contributed by atoms with Crippen LogP contribution in [0.25, 0.3) is 0 Å². The minimum Gasteiger partial charge on any atom is -0.495 e. The van der Waals surface area contributed by atoms with Crippen molar-refractivity contribution in [2.75, 3.05) is 0 Å². The van der Waals surface area contributed by atoms with Gasteiger partial charge in [-0.2, -0.15) is 0 Å². The summed E-state index contributed by atoms with van der Waals surface area (Å²) in [5, 5.41) is 0. The van der Waals surface area contributed by atoms with Crippen molar-refractivity contribution in [1.82, 2.24) is 0 Å². The van der Waals surface area contributed by atoms with Gasteiger partial charge in [-0.1, -0.05) is 26.0 Å². The van der Waals surface area contributed by atoms with Crippen molar-refractivity contribution in [3.05, 3.63) is 24.0 Å². The molecule has 1 heteroatoms. The lowest BCUT2D eigenvalue weighted by atomic mass is 10.1. The van der Waals surface area contributed by atoms with E-state index in [2.05, 4.69) is 32.1 Å². The Kier molecular flexibility index (Phi) is 3.92. The zero-order chi connectivity index (χ0) is 8.81. The van der Waals surface area contributed by atoms with Crippen LogP contribution in [0.5, 0.6) is 0 Å². The van der Waals surface area contributed by atoms with Crippen LogP contribution in [-0.2, 0) is 4.74 Å². The van der Waals surface area contributed by atoms with E-state index >= 15 is 0 Å². The highest BCUT2D eigenvalue weighted by Gasteiger charge is 2.07. The Bertz CT molecular complexity index is 175. The average molecular weight is 166 g/mol. The maximum atomic E-state index is 5.80. The average Bonchev–Trinajstić information content (AvgIpc) is 2.16. The van der Waals surface area contributed by atoms with Crippen LogP contribution in [0.2, 0.25) is 0 Å². The second kappa shape index (κ2) is 5.02. The predicted octanol–water partition coefficient (Wildman–Crippen LogP) is 3.43. The fourth-order valence-corrected chi connectivity index (χ4v) is 1.34. The summed E-state index contributed by atoms with van der Waals surface area (Å²) in [6, 6.07) is 0. The summed E-state index contributed by atoms with van der Waals surface area (Å²) in [6.07, 6.45) is 11.2. The van der Waals surface area contributed by atoms with Crippen molar-refractivity contribution in [1.29, 1.82) is 0 Å². The second-order valence-corrected chi connectivity index (χ2v) is 3.14. The van der Waals surface area contributed by atoms with Gasteiger partial charge in [0.25, 0.3) is 0 Å². The maximum Gasteiger partial charge on any atom is 0.0977 e. The van der Waals surface area contributed by atoms with E-state index in [4.69, 9.17) is 4.74 Å². The molecule has 12 heavy (non-hydrogen) atoms. The molecule has 0 saturated heterocycles. The molecule has 0 aromatic carbocycles. The summed E-state index contributed by atoms with van der Waals surface area (Å²) >= 11 is 0. The highest BCUT2D eigenvalue weighted by atomic mass is 16.5. The molecule has 0 radical (unpaired) electrons. The fourth-order valence-electron chi connectivity index (χ4n) is 1.34. The topological polar surface area (TPSA) is 9.23 Å². The quantitative estimate of drug-likeness (QED) is 0.581. The van der Waals surface area contributed by atoms with Gasteiger partial charge in [0.2, 0.25) is 0 Å². The van der Waals surface area contributed by atoms with Crippen LogP contribution in [0.4, 0.5) is 0 Å². The molecule has 0 saturated carbocycles. The third kappa shape index (κ3) is 2.72. The van der Waals surface area contributed by atoms with Crippen LogP contribution >= 0.6 is 0 Å². The molecule has 0 heterocycles. The third-order valence-electron chi connectivity index (χ3n) is 2.20. The van der Waals surface area contributed by atoms with Crippen LogP contribution < -0.4 is 0 Å². The van der Waals surface area contributed by atoms with E-state index in [-0.39, 0.29) is 0 Å².